The maximum absolute atomic E-state index is 14.8. The van der Waals surface area contributed by atoms with Crippen molar-refractivity contribution < 1.29 is 28.6 Å². The van der Waals surface area contributed by atoms with Gasteiger partial charge in [-0.1, -0.05) is 29.8 Å². The van der Waals surface area contributed by atoms with E-state index in [-0.39, 0.29) is 28.3 Å². The predicted octanol–water partition coefficient (Wildman–Crippen LogP) is 3.24. The summed E-state index contributed by atoms with van der Waals surface area (Å²) in [5, 5.41) is 11.3. The number of benzene rings is 2. The first-order chi connectivity index (χ1) is 15.9. The van der Waals surface area contributed by atoms with Crippen molar-refractivity contribution in [2.75, 3.05) is 46.5 Å². The number of nitrogens with zero attached hydrogens (tertiary/aromatic N) is 2. The van der Waals surface area contributed by atoms with Gasteiger partial charge in [-0.05, 0) is 24.3 Å². The van der Waals surface area contributed by atoms with Crippen LogP contribution in [0.2, 0.25) is 5.02 Å². The molecule has 174 valence electrons. The molecule has 0 saturated carbocycles. The van der Waals surface area contributed by atoms with E-state index in [0.717, 1.165) is 0 Å². The van der Waals surface area contributed by atoms with Crippen LogP contribution >= 0.6 is 11.6 Å². The third-order valence-electron chi connectivity index (χ3n) is 5.93. The monoisotopic (exact) mass is 474 g/mol. The Kier molecular flexibility index (Phi) is 6.97. The van der Waals surface area contributed by atoms with Crippen molar-refractivity contribution in [1.29, 1.82) is 0 Å². The molecule has 1 atom stereocenters. The number of halogens is 2. The smallest absolute Gasteiger partial charge is 0.295 e. The van der Waals surface area contributed by atoms with Crippen LogP contribution < -0.4 is 4.74 Å². The van der Waals surface area contributed by atoms with Crippen molar-refractivity contribution in [3.63, 3.8) is 0 Å². The zero-order valence-electron chi connectivity index (χ0n) is 18.1. The minimum absolute atomic E-state index is 0.139. The van der Waals surface area contributed by atoms with Gasteiger partial charge in [-0.25, -0.2) is 4.39 Å². The summed E-state index contributed by atoms with van der Waals surface area (Å²) in [5.41, 5.74) is 0.196. The van der Waals surface area contributed by atoms with Crippen LogP contribution in [0.5, 0.6) is 5.75 Å². The summed E-state index contributed by atoms with van der Waals surface area (Å²) >= 11 is 6.19. The molecule has 2 aliphatic rings. The Morgan fingerprint density at radius 3 is 2.58 bits per heavy atom. The number of ketones is 1. The molecule has 0 aliphatic carbocycles. The number of aliphatic hydroxyl groups is 1. The third-order valence-corrected chi connectivity index (χ3v) is 6.22. The number of carbonyl (C=O) groups excluding carboxylic acids is 2. The maximum atomic E-state index is 14.8. The van der Waals surface area contributed by atoms with Gasteiger partial charge in [0, 0.05) is 37.3 Å². The van der Waals surface area contributed by atoms with Gasteiger partial charge in [-0.3, -0.25) is 14.5 Å². The van der Waals surface area contributed by atoms with Crippen LogP contribution in [0.4, 0.5) is 4.39 Å². The largest absolute Gasteiger partial charge is 0.507 e. The molecule has 0 radical (unpaired) electrons. The zero-order valence-corrected chi connectivity index (χ0v) is 18.8. The van der Waals surface area contributed by atoms with Crippen LogP contribution in [0.3, 0.4) is 0 Å². The molecule has 0 aromatic heterocycles. The Balaban J connectivity index is 1.76. The fourth-order valence-corrected chi connectivity index (χ4v) is 4.43. The Morgan fingerprint density at radius 2 is 1.91 bits per heavy atom. The minimum atomic E-state index is -1.06. The van der Waals surface area contributed by atoms with E-state index in [1.165, 1.54) is 42.3 Å². The molecule has 2 saturated heterocycles. The maximum Gasteiger partial charge on any atom is 0.295 e. The topological polar surface area (TPSA) is 79.3 Å². The molecule has 1 N–H and O–H groups in total. The molecule has 1 unspecified atom stereocenters. The second-order valence-electron chi connectivity index (χ2n) is 7.82. The lowest BCUT2D eigenvalue weighted by molar-refractivity contribution is -0.140. The van der Waals surface area contributed by atoms with Crippen LogP contribution in [0, 0.1) is 5.82 Å². The van der Waals surface area contributed by atoms with Gasteiger partial charge in [0.2, 0.25) is 0 Å². The van der Waals surface area contributed by atoms with Gasteiger partial charge in [0.25, 0.3) is 11.7 Å². The fraction of sp³-hybridized carbons (Fsp3) is 0.333. The zero-order chi connectivity index (χ0) is 23.5. The molecule has 0 spiro atoms. The Morgan fingerprint density at radius 1 is 1.18 bits per heavy atom. The van der Waals surface area contributed by atoms with Gasteiger partial charge >= 0.3 is 0 Å². The third kappa shape index (κ3) is 4.59. The highest BCUT2D eigenvalue weighted by Gasteiger charge is 2.46. The molecule has 1 amide bonds. The molecule has 2 aliphatic heterocycles. The SMILES string of the molecule is COc1ccc(/C(O)=C2\C(=O)C(=O)N(CCN3CCOCC3)C2c2ccccc2F)cc1Cl. The Labute approximate surface area is 195 Å². The minimum Gasteiger partial charge on any atom is -0.507 e. The normalized spacial score (nSPS) is 20.9. The van der Waals surface area contributed by atoms with Gasteiger partial charge in [0.15, 0.2) is 0 Å². The van der Waals surface area contributed by atoms with E-state index in [0.29, 0.717) is 38.6 Å². The van der Waals surface area contributed by atoms with Crippen molar-refractivity contribution >= 4 is 29.1 Å². The molecule has 0 bridgehead atoms. The predicted molar refractivity (Wildman–Crippen MR) is 121 cm³/mol. The number of hydrogen-bond acceptors (Lipinski definition) is 6. The van der Waals surface area contributed by atoms with Crippen LogP contribution in [0.15, 0.2) is 48.0 Å². The van der Waals surface area contributed by atoms with Gasteiger partial charge in [0.1, 0.15) is 17.3 Å². The molecule has 9 heteroatoms. The molecule has 2 fully saturated rings. The highest BCUT2D eigenvalue weighted by atomic mass is 35.5. The second kappa shape index (κ2) is 9.91. The summed E-state index contributed by atoms with van der Waals surface area (Å²) in [6, 6.07) is 9.39. The highest BCUT2D eigenvalue weighted by molar-refractivity contribution is 6.46. The molecule has 7 nitrogen and oxygen atoms in total. The first kappa shape index (κ1) is 23.2. The van der Waals surface area contributed by atoms with E-state index >= 15 is 0 Å². The molecule has 4 rings (SSSR count). The van der Waals surface area contributed by atoms with Crippen molar-refractivity contribution in [2.24, 2.45) is 0 Å². The average molecular weight is 475 g/mol. The Bertz CT molecular complexity index is 1100. The number of Topliss-reactive ketones (excluding diaryl/α,β-unsaturated/α-hetero) is 1. The lowest BCUT2D eigenvalue weighted by Gasteiger charge is -2.31. The summed E-state index contributed by atoms with van der Waals surface area (Å²) in [4.78, 5) is 29.5. The number of likely N-dealkylation sites (tertiary alicyclic amines) is 1. The number of amides is 1. The summed E-state index contributed by atoms with van der Waals surface area (Å²) in [6.45, 7) is 3.29. The van der Waals surface area contributed by atoms with Crippen LogP contribution in [0.1, 0.15) is 17.2 Å². The van der Waals surface area contributed by atoms with Crippen molar-refractivity contribution in [3.8, 4) is 5.75 Å². The van der Waals surface area contributed by atoms with Gasteiger partial charge in [-0.2, -0.15) is 0 Å². The van der Waals surface area contributed by atoms with E-state index < -0.39 is 29.3 Å². The Hall–Kier alpha value is -2.94. The van der Waals surface area contributed by atoms with Crippen molar-refractivity contribution in [3.05, 3.63) is 70.0 Å². The summed E-state index contributed by atoms with van der Waals surface area (Å²) in [5.74, 6) is -2.24. The number of methoxy groups -OCH3 is 1. The molecule has 2 heterocycles. The first-order valence-corrected chi connectivity index (χ1v) is 11.0. The lowest BCUT2D eigenvalue weighted by atomic mass is 9.95. The van der Waals surface area contributed by atoms with Crippen molar-refractivity contribution in [2.45, 2.75) is 6.04 Å². The van der Waals surface area contributed by atoms with Crippen LogP contribution in [-0.4, -0.2) is 73.1 Å². The van der Waals surface area contributed by atoms with Crippen LogP contribution in [0.25, 0.3) is 5.76 Å². The molecular formula is C24H24ClFN2O5. The second-order valence-corrected chi connectivity index (χ2v) is 8.22. The first-order valence-electron chi connectivity index (χ1n) is 10.6. The number of morpholine rings is 1. The summed E-state index contributed by atoms with van der Waals surface area (Å²) in [7, 11) is 1.46. The van der Waals surface area contributed by atoms with E-state index in [2.05, 4.69) is 4.90 Å². The number of rotatable bonds is 6. The number of ether oxygens (including phenoxy) is 2. The van der Waals surface area contributed by atoms with E-state index in [4.69, 9.17) is 21.1 Å². The van der Waals surface area contributed by atoms with Crippen molar-refractivity contribution in [1.82, 2.24) is 9.80 Å². The number of carbonyl (C=O) groups is 2. The lowest BCUT2D eigenvalue weighted by Crippen LogP contribution is -2.42. The van der Waals surface area contributed by atoms with Gasteiger partial charge in [-0.15, -0.1) is 0 Å². The van der Waals surface area contributed by atoms with E-state index in [1.54, 1.807) is 12.1 Å². The van der Waals surface area contributed by atoms with E-state index in [1.807, 2.05) is 0 Å². The van der Waals surface area contributed by atoms with Crippen LogP contribution in [-0.2, 0) is 14.3 Å². The summed E-state index contributed by atoms with van der Waals surface area (Å²) < 4.78 is 25.3. The standard InChI is InChI=1S/C24H24ClFN2O5/c1-32-19-7-6-15(14-17(19)25)22(29)20-21(16-4-2-3-5-18(16)26)28(24(31)23(20)30)9-8-27-10-12-33-13-11-27/h2-7,14,21,29H,8-13H2,1H3/b22-20+. The highest BCUT2D eigenvalue weighted by Crippen LogP contribution is 2.41. The number of hydrogen-bond donors (Lipinski definition) is 1. The fourth-order valence-electron chi connectivity index (χ4n) is 4.17. The van der Waals surface area contributed by atoms with E-state index in [9.17, 15) is 19.1 Å². The molecule has 33 heavy (non-hydrogen) atoms. The molecular weight excluding hydrogens is 451 g/mol. The average Bonchev–Trinajstić information content (AvgIpc) is 3.08. The molecule has 2 aromatic carbocycles. The van der Waals surface area contributed by atoms with Gasteiger partial charge in [0.05, 0.1) is 37.0 Å². The molecule has 2 aromatic rings. The van der Waals surface area contributed by atoms with Gasteiger partial charge < -0.3 is 19.5 Å². The summed E-state index contributed by atoms with van der Waals surface area (Å²) in [6.07, 6.45) is 0. The quantitative estimate of drug-likeness (QED) is 0.393. The number of aliphatic hydroxyl groups excluding tert-OH is 1.